The minimum Gasteiger partial charge on any atom is -0.300 e. The highest BCUT2D eigenvalue weighted by Crippen LogP contribution is 1.74. The zero-order chi connectivity index (χ0) is 14.3. The van der Waals surface area contributed by atoms with Gasteiger partial charge in [-0.25, -0.2) is 0 Å². The van der Waals surface area contributed by atoms with E-state index < -0.39 is 0 Å². The fourth-order valence-corrected chi connectivity index (χ4v) is 0. The fourth-order valence-electron chi connectivity index (χ4n) is 0. The van der Waals surface area contributed by atoms with Gasteiger partial charge in [-0.3, -0.25) is 0 Å². The van der Waals surface area contributed by atoms with Gasteiger partial charge in [0.25, 0.3) is 0 Å². The van der Waals surface area contributed by atoms with Crippen LogP contribution in [0.25, 0.3) is 0 Å². The Morgan fingerprint density at radius 3 is 0.562 bits per heavy atom. The van der Waals surface area contributed by atoms with E-state index in [-0.39, 0.29) is 11.6 Å². The summed E-state index contributed by atoms with van der Waals surface area (Å²) in [6.45, 7) is 21.1. The molecule has 0 fully saturated rings. The second-order valence-electron chi connectivity index (χ2n) is 4.23. The van der Waals surface area contributed by atoms with Crippen molar-refractivity contribution < 1.29 is 9.59 Å². The van der Waals surface area contributed by atoms with Crippen molar-refractivity contribution in [3.8, 4) is 0 Å². The van der Waals surface area contributed by atoms with E-state index in [2.05, 4.69) is 13.2 Å². The molecule has 0 amide bonds. The molecule has 0 aromatic heterocycles. The molecule has 0 saturated heterocycles. The number of carbonyl (C=O) groups excluding carboxylic acids is 2. The van der Waals surface area contributed by atoms with E-state index in [0.717, 1.165) is 0 Å². The zero-order valence-electron chi connectivity index (χ0n) is 12.2. The molecule has 0 aromatic carbocycles. The molecule has 0 spiro atoms. The van der Waals surface area contributed by atoms with E-state index in [1.807, 2.05) is 27.7 Å². The Bertz CT molecular complexity index is 149. The van der Waals surface area contributed by atoms with E-state index in [0.29, 0.717) is 0 Å². The molecular weight excluding hydrogens is 200 g/mol. The summed E-state index contributed by atoms with van der Waals surface area (Å²) >= 11 is 0. The third-order valence-electron chi connectivity index (χ3n) is 0. The predicted octanol–water partition coefficient (Wildman–Crippen LogP) is 4.36. The monoisotopic (exact) mass is 228 g/mol. The lowest BCUT2D eigenvalue weighted by atomic mass is 10.4. The van der Waals surface area contributed by atoms with Crippen LogP contribution in [0, 0.1) is 0 Å². The molecule has 0 saturated carbocycles. The van der Waals surface area contributed by atoms with E-state index >= 15 is 0 Å². The molecule has 0 rings (SSSR count). The van der Waals surface area contributed by atoms with Crippen molar-refractivity contribution in [2.24, 2.45) is 0 Å². The molecule has 0 radical (unpaired) electrons. The lowest BCUT2D eigenvalue weighted by Gasteiger charge is -1.65. The first-order valence-electron chi connectivity index (χ1n) is 5.12. The van der Waals surface area contributed by atoms with E-state index in [4.69, 9.17) is 0 Å². The van der Waals surface area contributed by atoms with Crippen LogP contribution in [0.2, 0.25) is 0 Å². The summed E-state index contributed by atoms with van der Waals surface area (Å²) in [5.74, 6) is 0.333. The number of Topliss-reactive ketones (excluding diaryl/α,β-unsaturated/α-hetero) is 2. The number of rotatable bonds is 0. The summed E-state index contributed by atoms with van der Waals surface area (Å²) in [7, 11) is 0. The summed E-state index contributed by atoms with van der Waals surface area (Å²) in [5, 5.41) is 0. The quantitative estimate of drug-likeness (QED) is 0.577. The van der Waals surface area contributed by atoms with Gasteiger partial charge in [-0.15, -0.1) is 13.2 Å². The molecule has 2 heteroatoms. The first-order chi connectivity index (χ1) is 6.93. The standard InChI is InChI=1S/2C4H8.2C3H6O/c2*1-4(2)3;2*1-3(2)4/h2*1H2,2-3H3;2*1-2H3. The molecule has 2 nitrogen and oxygen atoms in total. The molecule has 0 aliphatic carbocycles. The smallest absolute Gasteiger partial charge is 0.126 e. The van der Waals surface area contributed by atoms with E-state index in [1.54, 1.807) is 0 Å². The van der Waals surface area contributed by atoms with Gasteiger partial charge in [-0.2, -0.15) is 0 Å². The van der Waals surface area contributed by atoms with Crippen molar-refractivity contribution in [3.63, 3.8) is 0 Å². The summed E-state index contributed by atoms with van der Waals surface area (Å²) < 4.78 is 0. The SMILES string of the molecule is C=C(C)C.C=C(C)C.CC(C)=O.CC(C)=O. The largest absolute Gasteiger partial charge is 0.300 e. The average molecular weight is 228 g/mol. The molecule has 0 N–H and O–H groups in total. The Balaban J connectivity index is -0.0000000600. The highest BCUT2D eigenvalue weighted by molar-refractivity contribution is 5.72. The van der Waals surface area contributed by atoms with Crippen molar-refractivity contribution in [3.05, 3.63) is 24.3 Å². The van der Waals surface area contributed by atoms with Gasteiger partial charge in [-0.1, -0.05) is 11.1 Å². The molecule has 96 valence electrons. The Kier molecular flexibility index (Phi) is 29.3. The van der Waals surface area contributed by atoms with Crippen molar-refractivity contribution in [1.29, 1.82) is 0 Å². The molecule has 0 aromatic rings. The highest BCUT2D eigenvalue weighted by atomic mass is 16.1. The third kappa shape index (κ3) is 1290. The molecular formula is C14H28O2. The van der Waals surface area contributed by atoms with Crippen LogP contribution in [0.5, 0.6) is 0 Å². The second-order valence-corrected chi connectivity index (χ2v) is 4.23. The molecule has 0 aliphatic rings. The topological polar surface area (TPSA) is 34.1 Å². The lowest BCUT2D eigenvalue weighted by Crippen LogP contribution is -1.69. The van der Waals surface area contributed by atoms with Gasteiger partial charge in [0.05, 0.1) is 0 Å². The zero-order valence-corrected chi connectivity index (χ0v) is 12.2. The highest BCUT2D eigenvalue weighted by Gasteiger charge is 1.62. The Hall–Kier alpha value is -1.18. The maximum atomic E-state index is 9.44. The van der Waals surface area contributed by atoms with E-state index in [9.17, 15) is 9.59 Å². The Morgan fingerprint density at radius 1 is 0.562 bits per heavy atom. The van der Waals surface area contributed by atoms with Crippen LogP contribution in [-0.2, 0) is 9.59 Å². The van der Waals surface area contributed by atoms with Gasteiger partial charge in [0.1, 0.15) is 11.6 Å². The third-order valence-corrected chi connectivity index (χ3v) is 0. The van der Waals surface area contributed by atoms with Gasteiger partial charge in [0.15, 0.2) is 0 Å². The first kappa shape index (κ1) is 24.2. The van der Waals surface area contributed by atoms with Crippen molar-refractivity contribution in [2.75, 3.05) is 0 Å². The summed E-state index contributed by atoms with van der Waals surface area (Å²) in [6.07, 6.45) is 0. The van der Waals surface area contributed by atoms with Gasteiger partial charge in [0, 0.05) is 0 Å². The van der Waals surface area contributed by atoms with Crippen molar-refractivity contribution >= 4 is 11.6 Å². The Labute approximate surface area is 101 Å². The van der Waals surface area contributed by atoms with Crippen molar-refractivity contribution in [2.45, 2.75) is 55.4 Å². The lowest BCUT2D eigenvalue weighted by molar-refractivity contribution is -0.115. The number of carbonyl (C=O) groups is 2. The van der Waals surface area contributed by atoms with Crippen LogP contribution in [0.15, 0.2) is 24.3 Å². The van der Waals surface area contributed by atoms with Crippen molar-refractivity contribution in [1.82, 2.24) is 0 Å². The van der Waals surface area contributed by atoms with Gasteiger partial charge >= 0.3 is 0 Å². The Morgan fingerprint density at radius 2 is 0.562 bits per heavy atom. The summed E-state index contributed by atoms with van der Waals surface area (Å²) in [5.41, 5.74) is 2.33. The van der Waals surface area contributed by atoms with Gasteiger partial charge < -0.3 is 9.59 Å². The summed E-state index contributed by atoms with van der Waals surface area (Å²) in [4.78, 5) is 18.9. The first-order valence-corrected chi connectivity index (χ1v) is 5.12. The van der Waals surface area contributed by atoms with Crippen LogP contribution >= 0.6 is 0 Å². The number of allylic oxidation sites excluding steroid dienone is 2. The average Bonchev–Trinajstić information content (AvgIpc) is 1.76. The molecule has 16 heavy (non-hydrogen) atoms. The summed E-state index contributed by atoms with van der Waals surface area (Å²) in [6, 6.07) is 0. The fraction of sp³-hybridized carbons (Fsp3) is 0.571. The second kappa shape index (κ2) is 19.4. The molecule has 0 heterocycles. The normalized spacial score (nSPS) is 6.50. The van der Waals surface area contributed by atoms with Gasteiger partial charge in [0.2, 0.25) is 0 Å². The molecule has 0 unspecified atom stereocenters. The predicted molar refractivity (Wildman–Crippen MR) is 73.7 cm³/mol. The minimum atomic E-state index is 0.167. The number of ketones is 2. The van der Waals surface area contributed by atoms with Crippen LogP contribution < -0.4 is 0 Å². The maximum absolute atomic E-state index is 9.44. The molecule has 0 aliphatic heterocycles. The van der Waals surface area contributed by atoms with Crippen LogP contribution in [0.1, 0.15) is 55.4 Å². The maximum Gasteiger partial charge on any atom is 0.126 e. The number of hydrogen-bond donors (Lipinski definition) is 0. The minimum absolute atomic E-state index is 0.167. The van der Waals surface area contributed by atoms with Crippen LogP contribution in [0.3, 0.4) is 0 Å². The van der Waals surface area contributed by atoms with Gasteiger partial charge in [-0.05, 0) is 55.4 Å². The molecule has 0 bridgehead atoms. The van der Waals surface area contributed by atoms with Crippen LogP contribution in [0.4, 0.5) is 0 Å². The number of hydrogen-bond acceptors (Lipinski definition) is 2. The van der Waals surface area contributed by atoms with E-state index in [1.165, 1.54) is 38.8 Å². The van der Waals surface area contributed by atoms with Crippen LogP contribution in [-0.4, -0.2) is 11.6 Å². The molecule has 0 atom stereocenters.